The Labute approximate surface area is 213 Å². The maximum atomic E-state index is 13.9. The number of rotatable bonds is 6. The van der Waals surface area contributed by atoms with Crippen molar-refractivity contribution in [1.82, 2.24) is 4.90 Å². The fraction of sp³-hybridized carbons (Fsp3) is 0.500. The van der Waals surface area contributed by atoms with E-state index >= 15 is 0 Å². The first-order valence-corrected chi connectivity index (χ1v) is 12.9. The summed E-state index contributed by atoms with van der Waals surface area (Å²) >= 11 is 0. The lowest BCUT2D eigenvalue weighted by molar-refractivity contribution is -0.138. The number of likely N-dealkylation sites (tertiary alicyclic amines) is 1. The van der Waals surface area contributed by atoms with Crippen LogP contribution in [0, 0.1) is 0 Å². The number of carboxylic acid groups (broad SMARTS) is 1. The van der Waals surface area contributed by atoms with Crippen LogP contribution in [0.3, 0.4) is 0 Å². The molecule has 6 nitrogen and oxygen atoms in total. The van der Waals surface area contributed by atoms with Crippen molar-refractivity contribution >= 4 is 17.7 Å². The second-order valence-corrected chi connectivity index (χ2v) is 10.9. The van der Waals surface area contributed by atoms with Gasteiger partial charge in [-0.1, -0.05) is 6.07 Å². The number of nitrogens with zero attached hydrogens (tertiary/aromatic N) is 2. The van der Waals surface area contributed by atoms with Crippen LogP contribution < -0.4 is 4.90 Å². The first-order valence-electron chi connectivity index (χ1n) is 12.9. The second-order valence-electron chi connectivity index (χ2n) is 10.9. The summed E-state index contributed by atoms with van der Waals surface area (Å²) in [5.41, 5.74) is 1.94. The molecule has 37 heavy (non-hydrogen) atoms. The van der Waals surface area contributed by atoms with Gasteiger partial charge in [0.2, 0.25) is 0 Å². The molecule has 2 aromatic carbocycles. The van der Waals surface area contributed by atoms with Gasteiger partial charge in [-0.15, -0.1) is 0 Å². The van der Waals surface area contributed by atoms with E-state index in [1.54, 1.807) is 12.1 Å². The molecule has 0 aromatic heterocycles. The predicted octanol–water partition coefficient (Wildman–Crippen LogP) is 6.15. The van der Waals surface area contributed by atoms with E-state index in [0.29, 0.717) is 56.2 Å². The Hall–Kier alpha value is -3.07. The molecule has 2 saturated carbocycles. The van der Waals surface area contributed by atoms with Crippen molar-refractivity contribution in [3.8, 4) is 0 Å². The van der Waals surface area contributed by atoms with E-state index in [-0.39, 0.29) is 11.5 Å². The fourth-order valence-corrected chi connectivity index (χ4v) is 5.79. The third-order valence-electron chi connectivity index (χ3n) is 8.21. The number of piperidine rings is 1. The number of aromatic carboxylic acids is 1. The van der Waals surface area contributed by atoms with Crippen LogP contribution in [0.2, 0.25) is 0 Å². The average Bonchev–Trinajstić information content (AvgIpc) is 3.78. The van der Waals surface area contributed by atoms with E-state index in [0.717, 1.165) is 36.8 Å². The minimum atomic E-state index is -4.36. The van der Waals surface area contributed by atoms with Crippen molar-refractivity contribution in [1.29, 1.82) is 0 Å². The van der Waals surface area contributed by atoms with Crippen LogP contribution in [-0.2, 0) is 17.5 Å². The number of carbonyl (C=O) groups is 2. The molecule has 1 N–H and O–H groups in total. The van der Waals surface area contributed by atoms with E-state index in [1.165, 1.54) is 23.1 Å². The molecule has 4 aliphatic rings. The molecule has 2 heterocycles. The van der Waals surface area contributed by atoms with Crippen LogP contribution in [0.25, 0.3) is 0 Å². The fourth-order valence-electron chi connectivity index (χ4n) is 5.79. The number of hydrogen-bond donors (Lipinski definition) is 1. The SMILES string of the molecule is O=C(O)c1ccc(N2CC3(CCN(Cc4cc(C(F)(F)F)c(C5CC5)cc4C4CC4)CC3)OC2=O)cc1. The van der Waals surface area contributed by atoms with Gasteiger partial charge in [0.05, 0.1) is 17.7 Å². The molecule has 2 aliphatic carbocycles. The summed E-state index contributed by atoms with van der Waals surface area (Å²) in [4.78, 5) is 27.5. The molecule has 2 saturated heterocycles. The van der Waals surface area contributed by atoms with Crippen LogP contribution >= 0.6 is 0 Å². The zero-order valence-electron chi connectivity index (χ0n) is 20.4. The minimum absolute atomic E-state index is 0.0401. The minimum Gasteiger partial charge on any atom is -0.478 e. The van der Waals surface area contributed by atoms with Gasteiger partial charge in [-0.3, -0.25) is 9.80 Å². The maximum absolute atomic E-state index is 13.9. The van der Waals surface area contributed by atoms with Crippen LogP contribution in [0.15, 0.2) is 36.4 Å². The van der Waals surface area contributed by atoms with Crippen molar-refractivity contribution in [3.05, 3.63) is 64.2 Å². The third-order valence-corrected chi connectivity index (χ3v) is 8.21. The maximum Gasteiger partial charge on any atom is 0.416 e. The highest BCUT2D eigenvalue weighted by Crippen LogP contribution is 2.50. The van der Waals surface area contributed by atoms with Gasteiger partial charge < -0.3 is 9.84 Å². The molecule has 4 fully saturated rings. The summed E-state index contributed by atoms with van der Waals surface area (Å²) in [6, 6.07) is 9.37. The highest BCUT2D eigenvalue weighted by atomic mass is 19.4. The third kappa shape index (κ3) is 4.81. The van der Waals surface area contributed by atoms with Gasteiger partial charge in [-0.05, 0) is 84.5 Å². The lowest BCUT2D eigenvalue weighted by atomic mass is 9.89. The smallest absolute Gasteiger partial charge is 0.416 e. The first-order chi connectivity index (χ1) is 17.6. The Balaban J connectivity index is 1.16. The Bertz CT molecular complexity index is 1230. The molecule has 0 unspecified atom stereocenters. The van der Waals surface area contributed by atoms with Crippen LogP contribution in [0.4, 0.5) is 23.7 Å². The number of amides is 1. The monoisotopic (exact) mass is 514 g/mol. The number of benzene rings is 2. The molecule has 196 valence electrons. The van der Waals surface area contributed by atoms with Crippen molar-refractivity contribution < 1.29 is 32.6 Å². The van der Waals surface area contributed by atoms with Gasteiger partial charge in [0.25, 0.3) is 0 Å². The summed E-state index contributed by atoms with van der Waals surface area (Å²) in [6.07, 6.45) is 0.0973. The number of hydrogen-bond acceptors (Lipinski definition) is 4. The number of carbonyl (C=O) groups excluding carboxylic acids is 1. The Morgan fingerprint density at radius 1 is 1.00 bits per heavy atom. The summed E-state index contributed by atoms with van der Waals surface area (Å²) in [6.45, 7) is 2.07. The van der Waals surface area contributed by atoms with Gasteiger partial charge in [-0.2, -0.15) is 13.2 Å². The summed E-state index contributed by atoms with van der Waals surface area (Å²) in [5, 5.41) is 9.10. The number of halogens is 3. The van der Waals surface area contributed by atoms with Crippen LogP contribution in [-0.4, -0.2) is 47.3 Å². The number of alkyl halides is 3. The van der Waals surface area contributed by atoms with Gasteiger partial charge in [0.15, 0.2) is 0 Å². The van der Waals surface area contributed by atoms with Gasteiger partial charge in [0.1, 0.15) is 5.60 Å². The van der Waals surface area contributed by atoms with Gasteiger partial charge >= 0.3 is 18.2 Å². The topological polar surface area (TPSA) is 70.1 Å². The zero-order valence-corrected chi connectivity index (χ0v) is 20.4. The molecule has 0 bridgehead atoms. The van der Waals surface area contributed by atoms with E-state index in [2.05, 4.69) is 4.90 Å². The van der Waals surface area contributed by atoms with Gasteiger partial charge in [-0.25, -0.2) is 9.59 Å². The molecule has 0 atom stereocenters. The molecule has 1 spiro atoms. The van der Waals surface area contributed by atoms with Crippen LogP contribution in [0.5, 0.6) is 0 Å². The highest BCUT2D eigenvalue weighted by Gasteiger charge is 2.48. The predicted molar refractivity (Wildman–Crippen MR) is 130 cm³/mol. The van der Waals surface area contributed by atoms with Crippen molar-refractivity contribution in [3.63, 3.8) is 0 Å². The molecule has 1 amide bonds. The van der Waals surface area contributed by atoms with Crippen molar-refractivity contribution in [2.75, 3.05) is 24.5 Å². The van der Waals surface area contributed by atoms with Crippen LogP contribution in [0.1, 0.15) is 83.0 Å². The average molecular weight is 515 g/mol. The van der Waals surface area contributed by atoms with Crippen molar-refractivity contribution in [2.24, 2.45) is 0 Å². The highest BCUT2D eigenvalue weighted by molar-refractivity contribution is 5.92. The largest absolute Gasteiger partial charge is 0.478 e. The lowest BCUT2D eigenvalue weighted by Gasteiger charge is -2.37. The van der Waals surface area contributed by atoms with E-state index < -0.39 is 29.4 Å². The number of carboxylic acids is 1. The van der Waals surface area contributed by atoms with E-state index in [1.807, 2.05) is 6.07 Å². The summed E-state index contributed by atoms with van der Waals surface area (Å²) in [5.74, 6) is -0.630. The Morgan fingerprint density at radius 3 is 2.19 bits per heavy atom. The molecular formula is C28H29F3N2O4. The molecule has 6 rings (SSSR count). The Morgan fingerprint density at radius 2 is 1.62 bits per heavy atom. The second kappa shape index (κ2) is 8.75. The molecule has 0 radical (unpaired) electrons. The summed E-state index contributed by atoms with van der Waals surface area (Å²) in [7, 11) is 0. The standard InChI is InChI=1S/C28H29F3N2O4/c29-28(30,31)24-13-20(22(17-1-2-17)14-23(24)18-3-4-18)15-32-11-9-27(10-12-32)16-33(26(36)37-27)21-7-5-19(6-8-21)25(34)35/h5-8,13-14,17-18H,1-4,9-12,15-16H2,(H,34,35). The zero-order chi connectivity index (χ0) is 25.9. The Kier molecular flexibility index (Phi) is 5.74. The molecule has 2 aliphatic heterocycles. The number of anilines is 1. The molecular weight excluding hydrogens is 485 g/mol. The van der Waals surface area contributed by atoms with E-state index in [9.17, 15) is 22.8 Å². The van der Waals surface area contributed by atoms with Gasteiger partial charge in [0, 0.05) is 38.2 Å². The number of ether oxygens (including phenoxy) is 1. The normalized spacial score (nSPS) is 21.9. The lowest BCUT2D eigenvalue weighted by Crippen LogP contribution is -2.46. The molecule has 2 aromatic rings. The molecule has 9 heteroatoms. The summed E-state index contributed by atoms with van der Waals surface area (Å²) < 4.78 is 47.6. The quantitative estimate of drug-likeness (QED) is 0.501. The van der Waals surface area contributed by atoms with E-state index in [4.69, 9.17) is 9.84 Å². The first kappa shape index (κ1) is 24.3. The van der Waals surface area contributed by atoms with Crippen molar-refractivity contribution in [2.45, 2.75) is 68.7 Å².